The van der Waals surface area contributed by atoms with Gasteiger partial charge in [-0.25, -0.2) is 19.2 Å². The Morgan fingerprint density at radius 1 is 0.694 bits per heavy atom. The molecule has 0 radical (unpaired) electrons. The molecule has 12 heteroatoms. The van der Waals surface area contributed by atoms with Crippen molar-refractivity contribution in [2.45, 2.75) is 12.6 Å². The van der Waals surface area contributed by atoms with E-state index in [4.69, 9.17) is 37.9 Å². The van der Waals surface area contributed by atoms with Crippen LogP contribution in [0.25, 0.3) is 0 Å². The Hall–Kier alpha value is -4.16. The summed E-state index contributed by atoms with van der Waals surface area (Å²) in [5.41, 5.74) is 0.778. The van der Waals surface area contributed by atoms with Gasteiger partial charge >= 0.3 is 23.9 Å². The lowest BCUT2D eigenvalue weighted by atomic mass is 10.2. The van der Waals surface area contributed by atoms with Crippen molar-refractivity contribution in [1.29, 1.82) is 0 Å². The van der Waals surface area contributed by atoms with Crippen LogP contribution in [0, 0.1) is 0 Å². The van der Waals surface area contributed by atoms with Crippen molar-refractivity contribution < 1.29 is 57.1 Å². The van der Waals surface area contributed by atoms with Gasteiger partial charge in [0.1, 0.15) is 24.7 Å². The van der Waals surface area contributed by atoms with Gasteiger partial charge < -0.3 is 37.9 Å². The standard InChI is InChI=1S/2C12H12O6/c2*1-15-9-4-2-8(3-5-9)12(14)17-7-11-16-6-10(13)18-11/h2*2-5,11H,6-7H2,1H3/t11-;/m1./s1. The molecule has 0 saturated carbocycles. The van der Waals surface area contributed by atoms with E-state index in [0.29, 0.717) is 22.6 Å². The summed E-state index contributed by atoms with van der Waals surface area (Å²) in [6, 6.07) is 13.0. The number of rotatable bonds is 8. The van der Waals surface area contributed by atoms with Crippen LogP contribution in [0.15, 0.2) is 48.5 Å². The van der Waals surface area contributed by atoms with E-state index >= 15 is 0 Å². The lowest BCUT2D eigenvalue weighted by Gasteiger charge is -2.09. The van der Waals surface area contributed by atoms with Crippen LogP contribution >= 0.6 is 0 Å². The van der Waals surface area contributed by atoms with E-state index in [1.807, 2.05) is 0 Å². The molecule has 12 nitrogen and oxygen atoms in total. The second kappa shape index (κ2) is 13.1. The topological polar surface area (TPSA) is 142 Å². The van der Waals surface area contributed by atoms with E-state index in [-0.39, 0.29) is 26.4 Å². The van der Waals surface area contributed by atoms with Crippen molar-refractivity contribution in [3.05, 3.63) is 59.7 Å². The lowest BCUT2D eigenvalue weighted by Crippen LogP contribution is -2.19. The van der Waals surface area contributed by atoms with Gasteiger partial charge in [0.2, 0.25) is 12.6 Å². The molecule has 2 aromatic rings. The van der Waals surface area contributed by atoms with Gasteiger partial charge in [0, 0.05) is 0 Å². The molecule has 2 aliphatic rings. The minimum absolute atomic E-state index is 0.106. The van der Waals surface area contributed by atoms with E-state index < -0.39 is 36.5 Å². The summed E-state index contributed by atoms with van der Waals surface area (Å²) in [7, 11) is 3.08. The van der Waals surface area contributed by atoms with Gasteiger partial charge in [-0.1, -0.05) is 0 Å². The number of cyclic esters (lactones) is 2. The minimum atomic E-state index is -0.806. The second-order valence-electron chi connectivity index (χ2n) is 7.11. The molecule has 0 bridgehead atoms. The maximum atomic E-state index is 11.6. The Bertz CT molecular complexity index is 962. The molecular formula is C24H24O12. The summed E-state index contributed by atoms with van der Waals surface area (Å²) in [4.78, 5) is 44.7. The normalized spacial score (nSPS) is 18.3. The van der Waals surface area contributed by atoms with Crippen molar-refractivity contribution in [1.82, 2.24) is 0 Å². The number of benzene rings is 2. The molecule has 0 N–H and O–H groups in total. The van der Waals surface area contributed by atoms with Crippen LogP contribution in [0.1, 0.15) is 20.7 Å². The number of carbonyl (C=O) groups is 4. The Morgan fingerprint density at radius 2 is 1.06 bits per heavy atom. The number of methoxy groups -OCH3 is 2. The minimum Gasteiger partial charge on any atom is -0.497 e. The number of carbonyl (C=O) groups excluding carboxylic acids is 4. The molecule has 192 valence electrons. The average Bonchev–Trinajstić information content (AvgIpc) is 3.53. The van der Waals surface area contributed by atoms with Gasteiger partial charge in [-0.3, -0.25) is 0 Å². The molecule has 2 heterocycles. The highest BCUT2D eigenvalue weighted by Gasteiger charge is 2.26. The molecule has 1 unspecified atom stereocenters. The second-order valence-corrected chi connectivity index (χ2v) is 7.11. The fraction of sp³-hybridized carbons (Fsp3) is 0.333. The van der Waals surface area contributed by atoms with E-state index in [2.05, 4.69) is 0 Å². The van der Waals surface area contributed by atoms with E-state index in [9.17, 15) is 19.2 Å². The van der Waals surface area contributed by atoms with Crippen molar-refractivity contribution in [3.63, 3.8) is 0 Å². The Labute approximate surface area is 205 Å². The number of ether oxygens (including phenoxy) is 8. The molecule has 2 aromatic carbocycles. The summed E-state index contributed by atoms with van der Waals surface area (Å²) >= 11 is 0. The molecule has 0 aromatic heterocycles. The number of hydrogen-bond acceptors (Lipinski definition) is 12. The zero-order valence-electron chi connectivity index (χ0n) is 19.5. The third-order valence-electron chi connectivity index (χ3n) is 4.65. The summed E-state index contributed by atoms with van der Waals surface area (Å²) in [6.45, 7) is -0.442. The maximum Gasteiger partial charge on any atom is 0.338 e. The molecule has 36 heavy (non-hydrogen) atoms. The first-order valence-corrected chi connectivity index (χ1v) is 10.6. The third kappa shape index (κ3) is 7.96. The van der Waals surface area contributed by atoms with Crippen molar-refractivity contribution in [2.75, 3.05) is 40.6 Å². The van der Waals surface area contributed by atoms with E-state index in [1.165, 1.54) is 0 Å². The van der Waals surface area contributed by atoms with Gasteiger partial charge in [-0.15, -0.1) is 0 Å². The zero-order valence-corrected chi connectivity index (χ0v) is 19.5. The van der Waals surface area contributed by atoms with Gasteiger partial charge in [0.25, 0.3) is 0 Å². The Kier molecular flexibility index (Phi) is 9.60. The first kappa shape index (κ1) is 26.4. The van der Waals surface area contributed by atoms with E-state index in [0.717, 1.165) is 0 Å². The molecular weight excluding hydrogens is 480 g/mol. The van der Waals surface area contributed by atoms with Crippen molar-refractivity contribution in [2.24, 2.45) is 0 Å². The van der Waals surface area contributed by atoms with Crippen LogP contribution in [0.4, 0.5) is 0 Å². The molecule has 2 atom stereocenters. The van der Waals surface area contributed by atoms with Crippen LogP contribution in [-0.4, -0.2) is 77.1 Å². The van der Waals surface area contributed by atoms with Crippen LogP contribution in [0.2, 0.25) is 0 Å². The smallest absolute Gasteiger partial charge is 0.338 e. The van der Waals surface area contributed by atoms with E-state index in [1.54, 1.807) is 62.8 Å². The molecule has 2 fully saturated rings. The quantitative estimate of drug-likeness (QED) is 0.380. The first-order valence-electron chi connectivity index (χ1n) is 10.6. The molecule has 2 saturated heterocycles. The highest BCUT2D eigenvalue weighted by Crippen LogP contribution is 2.14. The van der Waals surface area contributed by atoms with Crippen molar-refractivity contribution in [3.8, 4) is 11.5 Å². The van der Waals surface area contributed by atoms with Crippen LogP contribution in [0.5, 0.6) is 11.5 Å². The fourth-order valence-electron chi connectivity index (χ4n) is 2.82. The van der Waals surface area contributed by atoms with Crippen molar-refractivity contribution >= 4 is 23.9 Å². The van der Waals surface area contributed by atoms with Crippen LogP contribution < -0.4 is 9.47 Å². The zero-order chi connectivity index (χ0) is 25.9. The Morgan fingerprint density at radius 3 is 1.33 bits per heavy atom. The van der Waals surface area contributed by atoms with Crippen LogP contribution in [0.3, 0.4) is 0 Å². The van der Waals surface area contributed by atoms with Gasteiger partial charge in [-0.2, -0.15) is 0 Å². The Balaban J connectivity index is 0.000000201. The third-order valence-corrected chi connectivity index (χ3v) is 4.65. The monoisotopic (exact) mass is 504 g/mol. The molecule has 2 aliphatic heterocycles. The highest BCUT2D eigenvalue weighted by atomic mass is 16.8. The summed E-state index contributed by atoms with van der Waals surface area (Å²) in [5, 5.41) is 0. The average molecular weight is 504 g/mol. The lowest BCUT2D eigenvalue weighted by molar-refractivity contribution is -0.147. The number of hydrogen-bond donors (Lipinski definition) is 0. The highest BCUT2D eigenvalue weighted by molar-refractivity contribution is 5.90. The molecule has 4 rings (SSSR count). The molecule has 0 aliphatic carbocycles. The summed E-state index contributed by atoms with van der Waals surface area (Å²) < 4.78 is 39.1. The largest absolute Gasteiger partial charge is 0.497 e. The maximum absolute atomic E-state index is 11.6. The fourth-order valence-corrected chi connectivity index (χ4v) is 2.82. The predicted molar refractivity (Wildman–Crippen MR) is 118 cm³/mol. The SMILES string of the molecule is COc1ccc(C(=O)OCC2OCC(=O)O2)cc1.COc1ccc(C(=O)OC[C@@H]2OCC(=O)O2)cc1. The van der Waals surface area contributed by atoms with Gasteiger partial charge in [0.15, 0.2) is 13.2 Å². The first-order chi connectivity index (χ1) is 17.4. The number of esters is 4. The van der Waals surface area contributed by atoms with Gasteiger partial charge in [0.05, 0.1) is 25.3 Å². The molecule has 0 spiro atoms. The summed E-state index contributed by atoms with van der Waals surface area (Å²) in [5.74, 6) is -0.631. The molecule has 0 amide bonds. The predicted octanol–water partition coefficient (Wildman–Crippen LogP) is 1.50. The van der Waals surface area contributed by atoms with Crippen LogP contribution in [-0.2, 0) is 38.0 Å². The van der Waals surface area contributed by atoms with Gasteiger partial charge in [-0.05, 0) is 48.5 Å². The summed E-state index contributed by atoms with van der Waals surface area (Å²) in [6.07, 6.45) is -1.61.